The Balaban J connectivity index is 2.53. The van der Waals surface area contributed by atoms with E-state index in [0.717, 1.165) is 30.6 Å². The van der Waals surface area contributed by atoms with Crippen LogP contribution in [0.4, 0.5) is 4.39 Å². The van der Waals surface area contributed by atoms with Crippen molar-refractivity contribution in [2.75, 3.05) is 0 Å². The third-order valence-corrected chi connectivity index (χ3v) is 2.64. The number of aromatic nitrogens is 2. The lowest BCUT2D eigenvalue weighted by Gasteiger charge is -2.03. The van der Waals surface area contributed by atoms with Gasteiger partial charge >= 0.3 is 0 Å². The van der Waals surface area contributed by atoms with Crippen LogP contribution in [0.2, 0.25) is 0 Å². The van der Waals surface area contributed by atoms with E-state index in [4.69, 9.17) is 11.6 Å². The Morgan fingerprint density at radius 2 is 2.41 bits per heavy atom. The number of carbonyl (C=O) groups excluding carboxylic acids is 1. The minimum absolute atomic E-state index is 0.254. The van der Waals surface area contributed by atoms with Gasteiger partial charge in [-0.2, -0.15) is 5.10 Å². The quantitative estimate of drug-likeness (QED) is 0.798. The molecule has 0 bridgehead atoms. The molecule has 96 valence electrons. The lowest BCUT2D eigenvalue weighted by molar-refractivity contribution is -0.123. The Kier molecular flexibility index (Phi) is 5.41. The molecule has 1 unspecified atom stereocenters. The highest BCUT2D eigenvalue weighted by Gasteiger charge is 2.13. The molecular formula is C11H17ClFN3O. The molecule has 1 amide bonds. The van der Waals surface area contributed by atoms with Gasteiger partial charge in [0.05, 0.1) is 5.69 Å². The van der Waals surface area contributed by atoms with Crippen molar-refractivity contribution in [1.82, 2.24) is 15.1 Å². The molecule has 1 aromatic heterocycles. The van der Waals surface area contributed by atoms with Crippen LogP contribution in [-0.2, 0) is 17.9 Å². The fourth-order valence-electron chi connectivity index (χ4n) is 1.43. The summed E-state index contributed by atoms with van der Waals surface area (Å²) in [6.07, 6.45) is 4.02. The number of aryl methyl sites for hydroxylation is 2. The minimum Gasteiger partial charge on any atom is -0.348 e. The molecule has 0 spiro atoms. The number of unbranched alkanes of at least 4 members (excludes halogenated alkanes) is 1. The number of halogens is 2. The van der Waals surface area contributed by atoms with E-state index in [2.05, 4.69) is 17.3 Å². The van der Waals surface area contributed by atoms with Gasteiger partial charge in [0.15, 0.2) is 0 Å². The first kappa shape index (κ1) is 14.0. The normalized spacial score (nSPS) is 12.5. The molecule has 1 rings (SSSR count). The Hall–Kier alpha value is -1.10. The van der Waals surface area contributed by atoms with Crippen molar-refractivity contribution < 1.29 is 9.18 Å². The van der Waals surface area contributed by atoms with Gasteiger partial charge in [-0.3, -0.25) is 9.48 Å². The molecule has 0 aromatic carbocycles. The van der Waals surface area contributed by atoms with Gasteiger partial charge in [0.2, 0.25) is 0 Å². The highest BCUT2D eigenvalue weighted by Crippen LogP contribution is 2.07. The average molecular weight is 262 g/mol. The van der Waals surface area contributed by atoms with Crippen LogP contribution in [0.3, 0.4) is 0 Å². The first-order chi connectivity index (χ1) is 8.04. The summed E-state index contributed by atoms with van der Waals surface area (Å²) < 4.78 is 14.2. The maximum Gasteiger partial charge on any atom is 0.270 e. The first-order valence-electron chi connectivity index (χ1n) is 5.63. The number of rotatable bonds is 6. The molecule has 0 aliphatic carbocycles. The molecule has 1 heterocycles. The van der Waals surface area contributed by atoms with Crippen molar-refractivity contribution in [3.63, 3.8) is 0 Å². The van der Waals surface area contributed by atoms with E-state index < -0.39 is 11.5 Å². The zero-order valence-electron chi connectivity index (χ0n) is 10.0. The van der Waals surface area contributed by atoms with Crippen molar-refractivity contribution >= 4 is 17.5 Å². The number of amides is 1. The van der Waals surface area contributed by atoms with Crippen molar-refractivity contribution in [1.29, 1.82) is 0 Å². The Morgan fingerprint density at radius 3 is 3.00 bits per heavy atom. The summed E-state index contributed by atoms with van der Waals surface area (Å²) in [5, 5.41) is 6.72. The second kappa shape index (κ2) is 6.59. The number of alkyl halides is 2. The summed E-state index contributed by atoms with van der Waals surface area (Å²) in [4.78, 5) is 11.0. The summed E-state index contributed by atoms with van der Waals surface area (Å²) in [5.74, 6) is -0.813. The van der Waals surface area contributed by atoms with Gasteiger partial charge in [-0.05, 0) is 13.3 Å². The van der Waals surface area contributed by atoms with Crippen LogP contribution in [-0.4, -0.2) is 21.3 Å². The monoisotopic (exact) mass is 261 g/mol. The summed E-state index contributed by atoms with van der Waals surface area (Å²) in [6, 6.07) is 0. The topological polar surface area (TPSA) is 46.9 Å². The van der Waals surface area contributed by atoms with Crippen LogP contribution in [0.15, 0.2) is 6.20 Å². The first-order valence-corrected chi connectivity index (χ1v) is 6.07. The van der Waals surface area contributed by atoms with E-state index in [1.54, 1.807) is 0 Å². The van der Waals surface area contributed by atoms with Crippen molar-refractivity contribution in [3.05, 3.63) is 17.5 Å². The molecule has 0 fully saturated rings. The van der Waals surface area contributed by atoms with E-state index in [1.165, 1.54) is 0 Å². The van der Waals surface area contributed by atoms with E-state index in [-0.39, 0.29) is 6.54 Å². The van der Waals surface area contributed by atoms with Crippen LogP contribution >= 0.6 is 11.6 Å². The predicted octanol–water partition coefficient (Wildman–Crippen LogP) is 2.14. The van der Waals surface area contributed by atoms with E-state index in [0.29, 0.717) is 0 Å². The average Bonchev–Trinajstić information content (AvgIpc) is 2.64. The van der Waals surface area contributed by atoms with Crippen LogP contribution in [0.1, 0.15) is 31.0 Å². The Labute approximate surface area is 105 Å². The number of hydrogen-bond acceptors (Lipinski definition) is 2. The van der Waals surface area contributed by atoms with Crippen LogP contribution in [0.25, 0.3) is 0 Å². The van der Waals surface area contributed by atoms with Crippen LogP contribution in [0.5, 0.6) is 0 Å². The molecule has 0 aliphatic heterocycles. The van der Waals surface area contributed by atoms with E-state index >= 15 is 0 Å². The van der Waals surface area contributed by atoms with Crippen molar-refractivity contribution in [2.45, 2.75) is 45.4 Å². The largest absolute Gasteiger partial charge is 0.348 e. The zero-order chi connectivity index (χ0) is 12.8. The highest BCUT2D eigenvalue weighted by atomic mass is 35.5. The SMILES string of the molecule is CCCCn1cc(CNC(=O)C(F)Cl)c(C)n1. The second-order valence-corrected chi connectivity index (χ2v) is 4.26. The minimum atomic E-state index is -1.99. The summed E-state index contributed by atoms with van der Waals surface area (Å²) in [6.45, 7) is 5.08. The zero-order valence-corrected chi connectivity index (χ0v) is 10.8. The lowest BCUT2D eigenvalue weighted by Crippen LogP contribution is -2.28. The van der Waals surface area contributed by atoms with Gasteiger partial charge in [-0.1, -0.05) is 24.9 Å². The molecule has 0 radical (unpaired) electrons. The van der Waals surface area contributed by atoms with Crippen LogP contribution in [0, 0.1) is 6.92 Å². The highest BCUT2D eigenvalue weighted by molar-refractivity contribution is 6.29. The maximum absolute atomic E-state index is 12.4. The van der Waals surface area contributed by atoms with Crippen molar-refractivity contribution in [2.24, 2.45) is 0 Å². The Morgan fingerprint density at radius 1 is 1.71 bits per heavy atom. The number of nitrogens with one attached hydrogen (secondary N) is 1. The third-order valence-electron chi connectivity index (χ3n) is 2.44. The molecule has 0 aliphatic rings. The van der Waals surface area contributed by atoms with Gasteiger partial charge in [-0.15, -0.1) is 0 Å². The van der Waals surface area contributed by atoms with Gasteiger partial charge in [0, 0.05) is 24.8 Å². The molecule has 4 nitrogen and oxygen atoms in total. The van der Waals surface area contributed by atoms with Gasteiger partial charge in [-0.25, -0.2) is 4.39 Å². The van der Waals surface area contributed by atoms with E-state index in [1.807, 2.05) is 17.8 Å². The third kappa shape index (κ3) is 4.34. The maximum atomic E-state index is 12.4. The van der Waals surface area contributed by atoms with E-state index in [9.17, 15) is 9.18 Å². The molecule has 1 atom stereocenters. The molecule has 6 heteroatoms. The number of hydrogen-bond donors (Lipinski definition) is 1. The molecule has 1 N–H and O–H groups in total. The molecule has 17 heavy (non-hydrogen) atoms. The Bertz CT molecular complexity index is 379. The van der Waals surface area contributed by atoms with Gasteiger partial charge < -0.3 is 5.32 Å². The lowest BCUT2D eigenvalue weighted by atomic mass is 10.2. The predicted molar refractivity (Wildman–Crippen MR) is 64.5 cm³/mol. The smallest absolute Gasteiger partial charge is 0.270 e. The van der Waals surface area contributed by atoms with Gasteiger partial charge in [0.1, 0.15) is 0 Å². The van der Waals surface area contributed by atoms with Crippen LogP contribution < -0.4 is 5.32 Å². The summed E-state index contributed by atoms with van der Waals surface area (Å²) in [7, 11) is 0. The molecule has 0 saturated heterocycles. The standard InChI is InChI=1S/C11H17ClFN3O/c1-3-4-5-16-7-9(8(2)15-16)6-14-11(17)10(12)13/h7,10H,3-6H2,1-2H3,(H,14,17). The van der Waals surface area contributed by atoms with Gasteiger partial charge in [0.25, 0.3) is 11.5 Å². The van der Waals surface area contributed by atoms with Crippen molar-refractivity contribution in [3.8, 4) is 0 Å². The second-order valence-electron chi connectivity index (χ2n) is 3.87. The number of nitrogens with zero attached hydrogens (tertiary/aromatic N) is 2. The molecular weight excluding hydrogens is 245 g/mol. The fourth-order valence-corrected chi connectivity index (χ4v) is 1.50. The summed E-state index contributed by atoms with van der Waals surface area (Å²) >= 11 is 5.01. The molecule has 0 saturated carbocycles. The fraction of sp³-hybridized carbons (Fsp3) is 0.636. The summed E-state index contributed by atoms with van der Waals surface area (Å²) in [5.41, 5.74) is -0.274. The number of carbonyl (C=O) groups is 1. The molecule has 1 aromatic rings.